The predicted molar refractivity (Wildman–Crippen MR) is 120 cm³/mol. The quantitative estimate of drug-likeness (QED) is 0.750. The first-order chi connectivity index (χ1) is 14.2. The predicted octanol–water partition coefficient (Wildman–Crippen LogP) is 4.88. The lowest BCUT2D eigenvalue weighted by molar-refractivity contribution is -0.113. The van der Waals surface area contributed by atoms with Crippen LogP contribution in [0.2, 0.25) is 0 Å². The minimum atomic E-state index is -0.190. The molecule has 2 aliphatic heterocycles. The number of fused-ring (bicyclic) bond motifs is 1. The zero-order valence-electron chi connectivity index (χ0n) is 18.4. The molecule has 3 heterocycles. The first-order valence-corrected chi connectivity index (χ1v) is 11.7. The molecule has 6 nitrogen and oxygen atoms in total. The molecule has 1 fully saturated rings. The Balaban J connectivity index is 1.71. The first kappa shape index (κ1) is 21.2. The lowest BCUT2D eigenvalue weighted by Gasteiger charge is -2.36. The van der Waals surface area contributed by atoms with E-state index in [1.807, 2.05) is 37.6 Å². The van der Waals surface area contributed by atoms with Crippen molar-refractivity contribution in [3.8, 4) is 5.75 Å². The highest BCUT2D eigenvalue weighted by Crippen LogP contribution is 2.45. The third-order valence-electron chi connectivity index (χ3n) is 5.60. The Morgan fingerprint density at radius 2 is 2.03 bits per heavy atom. The standard InChI is InChI=1S/C23H31N3O3S/c1-14(2)29-18-8-6-16(7-9-18)21-20-15(3)25-26(22(20)24-19(27)13-30-21)17-10-11-28-23(4,5)12-17/h6-9,14,17,21H,10-13H2,1-5H3,(H,24,27)/t17-,21+/m1/s1. The van der Waals surface area contributed by atoms with Crippen molar-refractivity contribution >= 4 is 23.5 Å². The van der Waals surface area contributed by atoms with Crippen LogP contribution in [0.25, 0.3) is 0 Å². The van der Waals surface area contributed by atoms with Crippen LogP contribution in [0.15, 0.2) is 24.3 Å². The Morgan fingerprint density at radius 3 is 2.70 bits per heavy atom. The first-order valence-electron chi connectivity index (χ1n) is 10.6. The van der Waals surface area contributed by atoms with E-state index in [2.05, 4.69) is 31.3 Å². The minimum absolute atomic E-state index is 0.0241. The molecular weight excluding hydrogens is 398 g/mol. The summed E-state index contributed by atoms with van der Waals surface area (Å²) in [5.74, 6) is 2.15. The van der Waals surface area contributed by atoms with Gasteiger partial charge in [0, 0.05) is 12.2 Å². The number of amides is 1. The number of thioether (sulfide) groups is 1. The van der Waals surface area contributed by atoms with Crippen LogP contribution in [0.3, 0.4) is 0 Å². The van der Waals surface area contributed by atoms with E-state index in [1.165, 1.54) is 0 Å². The van der Waals surface area contributed by atoms with Gasteiger partial charge in [-0.25, -0.2) is 4.68 Å². The Hall–Kier alpha value is -1.99. The Bertz CT molecular complexity index is 921. The smallest absolute Gasteiger partial charge is 0.235 e. The highest BCUT2D eigenvalue weighted by atomic mass is 32.2. The fourth-order valence-electron chi connectivity index (χ4n) is 4.34. The summed E-state index contributed by atoms with van der Waals surface area (Å²) in [4.78, 5) is 12.6. The van der Waals surface area contributed by atoms with Gasteiger partial charge in [0.1, 0.15) is 11.6 Å². The van der Waals surface area contributed by atoms with Gasteiger partial charge >= 0.3 is 0 Å². The average Bonchev–Trinajstić information content (AvgIpc) is 2.87. The fraction of sp³-hybridized carbons (Fsp3) is 0.565. The molecular formula is C23H31N3O3S. The Kier molecular flexibility index (Phi) is 5.86. The van der Waals surface area contributed by atoms with Crippen molar-refractivity contribution in [3.63, 3.8) is 0 Å². The molecule has 30 heavy (non-hydrogen) atoms. The molecule has 1 N–H and O–H groups in total. The molecule has 0 saturated carbocycles. The lowest BCUT2D eigenvalue weighted by atomic mass is 9.94. The molecule has 4 rings (SSSR count). The molecule has 2 atom stereocenters. The normalized spacial score (nSPS) is 23.6. The van der Waals surface area contributed by atoms with Gasteiger partial charge in [-0.3, -0.25) is 4.79 Å². The van der Waals surface area contributed by atoms with E-state index >= 15 is 0 Å². The monoisotopic (exact) mass is 429 g/mol. The van der Waals surface area contributed by atoms with Gasteiger partial charge < -0.3 is 14.8 Å². The molecule has 2 aromatic rings. The maximum Gasteiger partial charge on any atom is 0.235 e. The minimum Gasteiger partial charge on any atom is -0.491 e. The highest BCUT2D eigenvalue weighted by molar-refractivity contribution is 8.00. The summed E-state index contributed by atoms with van der Waals surface area (Å²) in [7, 11) is 0. The van der Waals surface area contributed by atoms with Crippen molar-refractivity contribution in [2.45, 2.75) is 70.5 Å². The molecule has 0 bridgehead atoms. The Morgan fingerprint density at radius 1 is 1.30 bits per heavy atom. The molecule has 162 valence electrons. The lowest BCUT2D eigenvalue weighted by Crippen LogP contribution is -2.36. The summed E-state index contributed by atoms with van der Waals surface area (Å²) in [6.45, 7) is 11.0. The molecule has 7 heteroatoms. The molecule has 1 amide bonds. The van der Waals surface area contributed by atoms with E-state index in [1.54, 1.807) is 11.8 Å². The number of rotatable bonds is 4. The van der Waals surface area contributed by atoms with Crippen LogP contribution in [0.5, 0.6) is 5.75 Å². The summed E-state index contributed by atoms with van der Waals surface area (Å²) < 4.78 is 13.7. The summed E-state index contributed by atoms with van der Waals surface area (Å²) >= 11 is 1.65. The third-order valence-corrected chi connectivity index (χ3v) is 6.87. The summed E-state index contributed by atoms with van der Waals surface area (Å²) in [5, 5.41) is 8.10. The van der Waals surface area contributed by atoms with Crippen molar-refractivity contribution in [1.29, 1.82) is 0 Å². The zero-order valence-corrected chi connectivity index (χ0v) is 19.2. The van der Waals surface area contributed by atoms with Crippen LogP contribution in [0.1, 0.15) is 68.6 Å². The van der Waals surface area contributed by atoms with Crippen LogP contribution in [0, 0.1) is 6.92 Å². The number of carbonyl (C=O) groups excluding carboxylic acids is 1. The van der Waals surface area contributed by atoms with Gasteiger partial charge in [-0.1, -0.05) is 12.1 Å². The van der Waals surface area contributed by atoms with Crippen LogP contribution < -0.4 is 10.1 Å². The van der Waals surface area contributed by atoms with Crippen molar-refractivity contribution in [2.75, 3.05) is 17.7 Å². The Labute approximate surface area is 182 Å². The zero-order chi connectivity index (χ0) is 21.5. The van der Waals surface area contributed by atoms with Crippen LogP contribution in [-0.4, -0.2) is 39.8 Å². The molecule has 0 spiro atoms. The summed E-state index contributed by atoms with van der Waals surface area (Å²) in [6.07, 6.45) is 1.90. The summed E-state index contributed by atoms with van der Waals surface area (Å²) in [5.41, 5.74) is 3.04. The highest BCUT2D eigenvalue weighted by Gasteiger charge is 2.36. The largest absolute Gasteiger partial charge is 0.491 e. The molecule has 1 aromatic heterocycles. The van der Waals surface area contributed by atoms with Gasteiger partial charge in [0.15, 0.2) is 0 Å². The van der Waals surface area contributed by atoms with E-state index < -0.39 is 0 Å². The van der Waals surface area contributed by atoms with Crippen LogP contribution >= 0.6 is 11.8 Å². The number of aromatic nitrogens is 2. The van der Waals surface area contributed by atoms with Gasteiger partial charge in [-0.05, 0) is 65.2 Å². The maximum absolute atomic E-state index is 12.6. The van der Waals surface area contributed by atoms with Gasteiger partial charge in [0.2, 0.25) is 5.91 Å². The van der Waals surface area contributed by atoms with E-state index in [0.29, 0.717) is 12.4 Å². The van der Waals surface area contributed by atoms with Crippen molar-refractivity contribution < 1.29 is 14.3 Å². The van der Waals surface area contributed by atoms with Crippen LogP contribution in [-0.2, 0) is 9.53 Å². The van der Waals surface area contributed by atoms with E-state index in [9.17, 15) is 4.79 Å². The van der Waals surface area contributed by atoms with Crippen molar-refractivity contribution in [2.24, 2.45) is 0 Å². The van der Waals surface area contributed by atoms with Gasteiger partial charge in [-0.15, -0.1) is 11.8 Å². The van der Waals surface area contributed by atoms with Crippen molar-refractivity contribution in [3.05, 3.63) is 41.1 Å². The van der Waals surface area contributed by atoms with E-state index in [4.69, 9.17) is 14.6 Å². The number of nitrogens with one attached hydrogen (secondary N) is 1. The molecule has 1 aromatic carbocycles. The molecule has 1 saturated heterocycles. The number of nitrogens with zero attached hydrogens (tertiary/aromatic N) is 2. The van der Waals surface area contributed by atoms with Gasteiger partial charge in [0.05, 0.1) is 34.4 Å². The maximum atomic E-state index is 12.6. The fourth-order valence-corrected chi connectivity index (χ4v) is 5.53. The number of hydrogen-bond acceptors (Lipinski definition) is 5. The second kappa shape index (κ2) is 8.27. The summed E-state index contributed by atoms with van der Waals surface area (Å²) in [6, 6.07) is 8.43. The second-order valence-corrected chi connectivity index (χ2v) is 10.1. The molecule has 2 aliphatic rings. The number of anilines is 1. The molecule has 0 radical (unpaired) electrons. The topological polar surface area (TPSA) is 65.4 Å². The number of benzene rings is 1. The molecule has 0 aliphatic carbocycles. The number of carbonyl (C=O) groups is 1. The molecule has 0 unspecified atom stereocenters. The van der Waals surface area contributed by atoms with Crippen LogP contribution in [0.4, 0.5) is 5.82 Å². The number of ether oxygens (including phenoxy) is 2. The van der Waals surface area contributed by atoms with Gasteiger partial charge in [-0.2, -0.15) is 5.10 Å². The van der Waals surface area contributed by atoms with E-state index in [-0.39, 0.29) is 28.9 Å². The van der Waals surface area contributed by atoms with Crippen molar-refractivity contribution in [1.82, 2.24) is 9.78 Å². The number of hydrogen-bond donors (Lipinski definition) is 1. The third kappa shape index (κ3) is 4.37. The SMILES string of the molecule is Cc1nn([C@@H]2CCOC(C)(C)C2)c2c1[C@H](c1ccc(OC(C)C)cc1)SCC(=O)N2. The average molecular weight is 430 g/mol. The number of aryl methyl sites for hydroxylation is 1. The second-order valence-electron chi connectivity index (χ2n) is 9.02. The van der Waals surface area contributed by atoms with E-state index in [0.717, 1.165) is 41.2 Å². The van der Waals surface area contributed by atoms with Gasteiger partial charge in [0.25, 0.3) is 0 Å².